The zero-order valence-electron chi connectivity index (χ0n) is 12.6. The largest absolute Gasteiger partial charge is 0.326 e. The molecule has 2 N–H and O–H groups in total. The van der Waals surface area contributed by atoms with Crippen molar-refractivity contribution in [2.45, 2.75) is 19.3 Å². The first kappa shape index (κ1) is 15.0. The Morgan fingerprint density at radius 3 is 2.70 bits per heavy atom. The van der Waals surface area contributed by atoms with Gasteiger partial charge in [0, 0.05) is 23.4 Å². The van der Waals surface area contributed by atoms with Crippen molar-refractivity contribution in [2.75, 3.05) is 10.6 Å². The van der Waals surface area contributed by atoms with E-state index in [1.165, 1.54) is 6.92 Å². The molecule has 3 rings (SSSR count). The highest BCUT2D eigenvalue weighted by molar-refractivity contribution is 6.05. The van der Waals surface area contributed by atoms with Crippen LogP contribution in [-0.2, 0) is 9.59 Å². The van der Waals surface area contributed by atoms with Crippen LogP contribution in [0.5, 0.6) is 0 Å². The van der Waals surface area contributed by atoms with Crippen LogP contribution in [0.25, 0.3) is 0 Å². The highest BCUT2D eigenvalue weighted by Crippen LogP contribution is 2.32. The molecule has 0 aliphatic carbocycles. The van der Waals surface area contributed by atoms with E-state index >= 15 is 0 Å². The molecule has 1 aliphatic rings. The number of carbonyl (C=O) groups is 3. The van der Waals surface area contributed by atoms with E-state index < -0.39 is 5.92 Å². The average Bonchev–Trinajstić information content (AvgIpc) is 2.54. The number of hydrogen-bond acceptors (Lipinski definition) is 3. The third kappa shape index (κ3) is 3.13. The zero-order valence-corrected chi connectivity index (χ0v) is 12.6. The second-order valence-electron chi connectivity index (χ2n) is 5.52. The van der Waals surface area contributed by atoms with Gasteiger partial charge in [-0.05, 0) is 30.7 Å². The van der Waals surface area contributed by atoms with E-state index in [-0.39, 0.29) is 24.0 Å². The Morgan fingerprint density at radius 1 is 1.13 bits per heavy atom. The number of ketones is 1. The van der Waals surface area contributed by atoms with E-state index in [0.29, 0.717) is 16.9 Å². The van der Waals surface area contributed by atoms with Gasteiger partial charge in [0.05, 0.1) is 5.92 Å². The van der Waals surface area contributed by atoms with Crippen LogP contribution in [0.1, 0.15) is 35.2 Å². The Kier molecular flexibility index (Phi) is 3.93. The molecule has 1 aliphatic heterocycles. The van der Waals surface area contributed by atoms with Crippen LogP contribution in [-0.4, -0.2) is 17.6 Å². The van der Waals surface area contributed by atoms with E-state index in [2.05, 4.69) is 10.6 Å². The Morgan fingerprint density at radius 2 is 1.91 bits per heavy atom. The minimum Gasteiger partial charge on any atom is -0.326 e. The van der Waals surface area contributed by atoms with E-state index in [0.717, 1.165) is 5.56 Å². The van der Waals surface area contributed by atoms with Crippen LogP contribution >= 0.6 is 0 Å². The van der Waals surface area contributed by atoms with Crippen molar-refractivity contribution < 1.29 is 14.4 Å². The van der Waals surface area contributed by atoms with Crippen LogP contribution in [0.3, 0.4) is 0 Å². The number of hydrogen-bond donors (Lipinski definition) is 2. The predicted octanol–water partition coefficient (Wildman–Crippen LogP) is 2.95. The van der Waals surface area contributed by atoms with Crippen LogP contribution in [0, 0.1) is 0 Å². The summed E-state index contributed by atoms with van der Waals surface area (Å²) in [4.78, 5) is 35.8. The van der Waals surface area contributed by atoms with Crippen LogP contribution < -0.4 is 10.6 Å². The van der Waals surface area contributed by atoms with Gasteiger partial charge in [-0.3, -0.25) is 14.4 Å². The number of nitrogens with one attached hydrogen (secondary N) is 2. The molecule has 5 nitrogen and oxygen atoms in total. The van der Waals surface area contributed by atoms with Crippen LogP contribution in [0.4, 0.5) is 11.4 Å². The zero-order chi connectivity index (χ0) is 16.4. The molecule has 0 saturated heterocycles. The van der Waals surface area contributed by atoms with Gasteiger partial charge in [-0.15, -0.1) is 0 Å². The Labute approximate surface area is 133 Å². The van der Waals surface area contributed by atoms with Crippen molar-refractivity contribution in [3.8, 4) is 0 Å². The maximum absolute atomic E-state index is 12.6. The minimum absolute atomic E-state index is 0.0662. The maximum atomic E-state index is 12.6. The average molecular weight is 308 g/mol. The molecule has 2 amide bonds. The van der Waals surface area contributed by atoms with Crippen LogP contribution in [0.2, 0.25) is 0 Å². The summed E-state index contributed by atoms with van der Waals surface area (Å²) in [6, 6.07) is 14.0. The van der Waals surface area contributed by atoms with Gasteiger partial charge < -0.3 is 10.6 Å². The van der Waals surface area contributed by atoms with E-state index in [9.17, 15) is 14.4 Å². The number of benzene rings is 2. The first-order valence-corrected chi connectivity index (χ1v) is 7.35. The fourth-order valence-corrected chi connectivity index (χ4v) is 2.69. The van der Waals surface area contributed by atoms with Crippen molar-refractivity contribution >= 4 is 29.0 Å². The number of Topliss-reactive ketones (excluding diaryl/α,β-unsaturated/α-hetero) is 1. The van der Waals surface area contributed by atoms with Crippen molar-refractivity contribution in [3.63, 3.8) is 0 Å². The lowest BCUT2D eigenvalue weighted by atomic mass is 9.89. The first-order chi connectivity index (χ1) is 11.0. The Balaban J connectivity index is 1.85. The fourth-order valence-electron chi connectivity index (χ4n) is 2.69. The van der Waals surface area contributed by atoms with E-state index in [1.54, 1.807) is 30.3 Å². The second kappa shape index (κ2) is 6.04. The molecule has 0 unspecified atom stereocenters. The van der Waals surface area contributed by atoms with Gasteiger partial charge in [0.2, 0.25) is 11.8 Å². The number of anilines is 2. The van der Waals surface area contributed by atoms with Gasteiger partial charge >= 0.3 is 0 Å². The lowest BCUT2D eigenvalue weighted by Gasteiger charge is -2.24. The highest BCUT2D eigenvalue weighted by Gasteiger charge is 2.30. The van der Waals surface area contributed by atoms with Gasteiger partial charge in [-0.1, -0.05) is 30.3 Å². The number of amides is 2. The molecule has 0 bridgehead atoms. The molecule has 1 heterocycles. The number of carbonyl (C=O) groups excluding carboxylic acids is 3. The summed E-state index contributed by atoms with van der Waals surface area (Å²) < 4.78 is 0. The van der Waals surface area contributed by atoms with Crippen molar-refractivity contribution in [3.05, 3.63) is 59.7 Å². The highest BCUT2D eigenvalue weighted by atomic mass is 16.2. The molecule has 116 valence electrons. The summed E-state index contributed by atoms with van der Waals surface area (Å²) in [6.45, 7) is 1.47. The summed E-state index contributed by atoms with van der Waals surface area (Å²) >= 11 is 0. The normalized spacial score (nSPS) is 16.2. The number of para-hydroxylation sites is 1. The van der Waals surface area contributed by atoms with E-state index in [1.807, 2.05) is 18.2 Å². The smallest absolute Gasteiger partial charge is 0.232 e. The lowest BCUT2D eigenvalue weighted by Crippen LogP contribution is -2.30. The molecule has 0 aromatic heterocycles. The third-order valence-electron chi connectivity index (χ3n) is 3.85. The quantitative estimate of drug-likeness (QED) is 0.856. The molecular formula is C18H16N2O3. The molecule has 5 heteroatoms. The summed E-state index contributed by atoms with van der Waals surface area (Å²) in [5.74, 6) is -1.04. The predicted molar refractivity (Wildman–Crippen MR) is 87.5 cm³/mol. The van der Waals surface area contributed by atoms with Gasteiger partial charge in [0.15, 0.2) is 5.78 Å². The third-order valence-corrected chi connectivity index (χ3v) is 3.85. The summed E-state index contributed by atoms with van der Waals surface area (Å²) in [5, 5.41) is 5.57. The maximum Gasteiger partial charge on any atom is 0.232 e. The van der Waals surface area contributed by atoms with Crippen molar-refractivity contribution in [2.24, 2.45) is 0 Å². The van der Waals surface area contributed by atoms with Gasteiger partial charge in [0.1, 0.15) is 0 Å². The molecule has 2 aromatic rings. The first-order valence-electron chi connectivity index (χ1n) is 7.35. The topological polar surface area (TPSA) is 75.3 Å². The SMILES string of the molecule is CC(=O)c1cccc(NC(=O)[C@H]2CC(=O)Nc3ccccc32)c1. The Bertz CT molecular complexity index is 798. The molecular weight excluding hydrogens is 292 g/mol. The number of rotatable bonds is 3. The van der Waals surface area contributed by atoms with Gasteiger partial charge in [-0.2, -0.15) is 0 Å². The lowest BCUT2D eigenvalue weighted by molar-refractivity contribution is -0.123. The molecule has 0 saturated carbocycles. The second-order valence-corrected chi connectivity index (χ2v) is 5.52. The minimum atomic E-state index is -0.541. The van der Waals surface area contributed by atoms with Crippen molar-refractivity contribution in [1.29, 1.82) is 0 Å². The monoisotopic (exact) mass is 308 g/mol. The Hall–Kier alpha value is -2.95. The summed E-state index contributed by atoms with van der Waals surface area (Å²) in [5.41, 5.74) is 2.55. The summed E-state index contributed by atoms with van der Waals surface area (Å²) in [6.07, 6.45) is 0.106. The molecule has 23 heavy (non-hydrogen) atoms. The molecule has 1 atom stereocenters. The number of fused-ring (bicyclic) bond motifs is 1. The summed E-state index contributed by atoms with van der Waals surface area (Å²) in [7, 11) is 0. The standard InChI is InChI=1S/C18H16N2O3/c1-11(21)12-5-4-6-13(9-12)19-18(23)15-10-17(22)20-16-8-3-2-7-14(15)16/h2-9,15H,10H2,1H3,(H,19,23)(H,20,22)/t15-/m0/s1. The van der Waals surface area contributed by atoms with Crippen LogP contribution in [0.15, 0.2) is 48.5 Å². The van der Waals surface area contributed by atoms with Gasteiger partial charge in [-0.25, -0.2) is 0 Å². The molecule has 0 fully saturated rings. The fraction of sp³-hybridized carbons (Fsp3) is 0.167. The van der Waals surface area contributed by atoms with Crippen molar-refractivity contribution in [1.82, 2.24) is 0 Å². The van der Waals surface area contributed by atoms with E-state index in [4.69, 9.17) is 0 Å². The molecule has 0 radical (unpaired) electrons. The molecule has 2 aromatic carbocycles. The van der Waals surface area contributed by atoms with Gasteiger partial charge in [0.25, 0.3) is 0 Å². The molecule has 0 spiro atoms.